The van der Waals surface area contributed by atoms with Crippen LogP contribution in [0.25, 0.3) is 0 Å². The molecule has 0 aromatic heterocycles. The highest BCUT2D eigenvalue weighted by atomic mass is 32.2. The Labute approximate surface area is 270 Å². The van der Waals surface area contributed by atoms with E-state index in [1.165, 1.54) is 6.26 Å². The molecular weight excluding hydrogens is 616 g/mol. The summed E-state index contributed by atoms with van der Waals surface area (Å²) in [4.78, 5) is 17.0. The monoisotopic (exact) mass is 656 g/mol. The molecule has 0 spiro atoms. The Hall–Kier alpha value is -3.45. The maximum absolute atomic E-state index is 13.0. The number of methoxy groups -OCH3 is 2. The van der Waals surface area contributed by atoms with Gasteiger partial charge in [0.2, 0.25) is 6.79 Å². The van der Waals surface area contributed by atoms with E-state index in [1.54, 1.807) is 21.1 Å². The number of benzene rings is 2. The lowest BCUT2D eigenvalue weighted by Gasteiger charge is -2.61. The molecule has 14 heteroatoms. The fraction of sp³-hybridized carbons (Fsp3) is 0.562. The summed E-state index contributed by atoms with van der Waals surface area (Å²) in [6.07, 6.45) is 0.590. The molecule has 13 nitrogen and oxygen atoms in total. The molecule has 4 aliphatic rings. The van der Waals surface area contributed by atoms with Gasteiger partial charge >= 0.3 is 5.97 Å². The molecule has 0 saturated carbocycles. The predicted molar refractivity (Wildman–Crippen MR) is 166 cm³/mol. The number of piperazine rings is 1. The minimum atomic E-state index is -1.32. The number of aliphatic hydroxyl groups excluding tert-OH is 1. The molecule has 2 bridgehead atoms. The van der Waals surface area contributed by atoms with E-state index >= 15 is 0 Å². The number of aryl methyl sites for hydroxylation is 1. The van der Waals surface area contributed by atoms with E-state index in [2.05, 4.69) is 6.07 Å². The molecule has 2 aromatic rings. The van der Waals surface area contributed by atoms with Crippen LogP contribution in [0.15, 0.2) is 6.07 Å². The number of likely N-dealkylation sites (N-methyl/N-ethyl adjacent to an activating group) is 1. The number of ether oxygens (including phenoxy) is 5. The van der Waals surface area contributed by atoms with Crippen molar-refractivity contribution in [3.8, 4) is 29.1 Å². The van der Waals surface area contributed by atoms with Gasteiger partial charge < -0.3 is 39.6 Å². The lowest BCUT2D eigenvalue weighted by molar-refractivity contribution is -0.154. The smallest absolute Gasteiger partial charge is 0.323 e. The summed E-state index contributed by atoms with van der Waals surface area (Å²) in [5, 5.41) is 34.8. The van der Waals surface area contributed by atoms with Crippen molar-refractivity contribution in [2.45, 2.75) is 62.7 Å². The summed E-state index contributed by atoms with van der Waals surface area (Å²) in [5.41, 5.74) is 9.64. The van der Waals surface area contributed by atoms with E-state index in [4.69, 9.17) is 29.4 Å². The van der Waals surface area contributed by atoms with Crippen LogP contribution in [-0.4, -0.2) is 101 Å². The fourth-order valence-electron chi connectivity index (χ4n) is 7.98. The van der Waals surface area contributed by atoms with E-state index < -0.39 is 52.6 Å². The first-order valence-electron chi connectivity index (χ1n) is 15.0. The number of nitrogens with zero attached hydrogens (tertiary/aromatic N) is 3. The number of aromatic hydroxyl groups is 1. The van der Waals surface area contributed by atoms with Crippen molar-refractivity contribution in [3.63, 3.8) is 0 Å². The number of rotatable bonds is 8. The van der Waals surface area contributed by atoms with Gasteiger partial charge in [-0.25, -0.2) is 0 Å². The number of carbonyl (C=O) groups is 1. The van der Waals surface area contributed by atoms with Crippen molar-refractivity contribution >= 4 is 16.8 Å². The summed E-state index contributed by atoms with van der Waals surface area (Å²) in [7, 11) is 3.76. The number of phenolic OH excluding ortho intramolecular Hbond substituents is 1. The highest BCUT2D eigenvalue weighted by molar-refractivity contribution is 7.84. The number of hydrogen-bond acceptors (Lipinski definition) is 13. The minimum Gasteiger partial charge on any atom is -0.507 e. The van der Waals surface area contributed by atoms with Gasteiger partial charge in [0.25, 0.3) is 0 Å². The zero-order chi connectivity index (χ0) is 33.2. The van der Waals surface area contributed by atoms with Crippen LogP contribution < -0.4 is 19.9 Å². The second-order valence-corrected chi connectivity index (χ2v) is 14.0. The molecular formula is C32H40N4O9S. The second kappa shape index (κ2) is 12.0. The summed E-state index contributed by atoms with van der Waals surface area (Å²) in [6, 6.07) is 1.47. The summed E-state index contributed by atoms with van der Waals surface area (Å²) in [6.45, 7) is 3.73. The number of fused-ring (bicyclic) bond motifs is 9. The number of aliphatic hydroxyl groups is 1. The van der Waals surface area contributed by atoms with Crippen molar-refractivity contribution in [1.29, 1.82) is 5.26 Å². The average molecular weight is 657 g/mol. The molecule has 1 fully saturated rings. The minimum absolute atomic E-state index is 0.0673. The SMILES string of the molecule is COCc1c(OC)c(C)cc2c1C1C3[C@@H](O)c4c(O)c(C)c5c(c4[C@H](COC(=O)[C@@H](N)CS(C)=O)N3C[C@](C#N)(C2)N1C)OCO5. The third-order valence-electron chi connectivity index (χ3n) is 9.97. The lowest BCUT2D eigenvalue weighted by atomic mass is 9.68. The molecule has 248 valence electrons. The van der Waals surface area contributed by atoms with Crippen LogP contribution in [0.4, 0.5) is 0 Å². The first-order chi connectivity index (χ1) is 21.9. The van der Waals surface area contributed by atoms with Crippen LogP contribution in [-0.2, 0) is 38.1 Å². The Morgan fingerprint density at radius 2 is 1.98 bits per heavy atom. The number of phenols is 1. The topological polar surface area (TPSA) is 177 Å². The van der Waals surface area contributed by atoms with E-state index in [9.17, 15) is 24.5 Å². The van der Waals surface area contributed by atoms with Gasteiger partial charge in [0.05, 0.1) is 37.9 Å². The van der Waals surface area contributed by atoms with Crippen molar-refractivity contribution in [2.24, 2.45) is 5.73 Å². The van der Waals surface area contributed by atoms with Gasteiger partial charge in [-0.15, -0.1) is 0 Å². The van der Waals surface area contributed by atoms with Crippen LogP contribution >= 0.6 is 0 Å². The Bertz CT molecular complexity index is 1660. The van der Waals surface area contributed by atoms with Gasteiger partial charge in [0, 0.05) is 65.1 Å². The average Bonchev–Trinajstić information content (AvgIpc) is 3.50. The summed E-state index contributed by atoms with van der Waals surface area (Å²) in [5.74, 6) is 0.403. The Balaban J connectivity index is 1.57. The van der Waals surface area contributed by atoms with Crippen LogP contribution in [0.1, 0.15) is 57.1 Å². The van der Waals surface area contributed by atoms with Crippen LogP contribution in [0, 0.1) is 25.2 Å². The standard InChI is InChI=1S/C32H40N4O9S/c1-15-7-17-8-32(12-33)13-36-20(10-43-31(39)19(34)11-46(6)40)22-23(26(37)16(2)29-30(22)45-14-44-29)27(38)25(36)24(35(32)3)21(17)18(9-41-4)28(15)42-5/h7,19-20,24-25,27,37-38H,8-11,13-14,34H2,1-6H3/t19-,20-,24?,25?,27-,32+,46?/m0/s1. The number of carbonyl (C=O) groups excluding carboxylic acids is 1. The van der Waals surface area contributed by atoms with Crippen molar-refractivity contribution < 1.29 is 42.9 Å². The lowest BCUT2D eigenvalue weighted by Crippen LogP contribution is -2.70. The van der Waals surface area contributed by atoms with Gasteiger partial charge in [-0.3, -0.25) is 18.8 Å². The zero-order valence-electron chi connectivity index (χ0n) is 26.8. The molecule has 4 heterocycles. The van der Waals surface area contributed by atoms with E-state index in [1.807, 2.05) is 29.8 Å². The second-order valence-electron chi connectivity index (χ2n) is 12.6. The third-order valence-corrected chi connectivity index (χ3v) is 10.8. The van der Waals surface area contributed by atoms with Crippen molar-refractivity contribution in [2.75, 3.05) is 53.2 Å². The van der Waals surface area contributed by atoms with Gasteiger partial charge in [-0.2, -0.15) is 5.26 Å². The number of esters is 1. The summed E-state index contributed by atoms with van der Waals surface area (Å²) < 4.78 is 40.7. The van der Waals surface area contributed by atoms with Crippen LogP contribution in [0.2, 0.25) is 0 Å². The Morgan fingerprint density at radius 3 is 2.63 bits per heavy atom. The molecule has 2 aromatic carbocycles. The highest BCUT2D eigenvalue weighted by Crippen LogP contribution is 2.60. The first kappa shape index (κ1) is 32.5. The molecule has 0 amide bonds. The van der Waals surface area contributed by atoms with Crippen molar-refractivity contribution in [1.82, 2.24) is 9.80 Å². The zero-order valence-corrected chi connectivity index (χ0v) is 27.6. The Kier molecular flexibility index (Phi) is 8.45. The van der Waals surface area contributed by atoms with Crippen LogP contribution in [0.3, 0.4) is 0 Å². The Morgan fingerprint density at radius 1 is 1.26 bits per heavy atom. The third kappa shape index (κ3) is 4.75. The highest BCUT2D eigenvalue weighted by Gasteiger charge is 2.61. The molecule has 4 N–H and O–H groups in total. The molecule has 7 atom stereocenters. The molecule has 0 aliphatic carbocycles. The molecule has 3 unspecified atom stereocenters. The van der Waals surface area contributed by atoms with Crippen LogP contribution in [0.5, 0.6) is 23.0 Å². The molecule has 1 saturated heterocycles. The van der Waals surface area contributed by atoms with Gasteiger partial charge in [-0.1, -0.05) is 6.07 Å². The van der Waals surface area contributed by atoms with E-state index in [0.717, 1.165) is 22.3 Å². The number of nitriles is 1. The quantitative estimate of drug-likeness (QED) is 0.348. The maximum atomic E-state index is 13.0. The predicted octanol–water partition coefficient (Wildman–Crippen LogP) is 1.41. The van der Waals surface area contributed by atoms with E-state index in [-0.39, 0.29) is 43.6 Å². The molecule has 4 aliphatic heterocycles. The first-order valence-corrected chi connectivity index (χ1v) is 16.8. The number of hydrogen-bond donors (Lipinski definition) is 3. The van der Waals surface area contributed by atoms with Gasteiger partial charge in [0.15, 0.2) is 11.5 Å². The molecule has 6 rings (SSSR count). The van der Waals surface area contributed by atoms with Crippen molar-refractivity contribution in [3.05, 3.63) is 45.0 Å². The largest absolute Gasteiger partial charge is 0.507 e. The van der Waals surface area contributed by atoms with E-state index in [0.29, 0.717) is 34.8 Å². The molecule has 0 radical (unpaired) electrons. The normalized spacial score (nSPS) is 27.5. The summed E-state index contributed by atoms with van der Waals surface area (Å²) >= 11 is 0. The van der Waals surface area contributed by atoms with Gasteiger partial charge in [0.1, 0.15) is 35.8 Å². The fourth-order valence-corrected chi connectivity index (χ4v) is 8.62. The van der Waals surface area contributed by atoms with Gasteiger partial charge in [-0.05, 0) is 37.6 Å². The molecule has 46 heavy (non-hydrogen) atoms. The number of nitrogens with two attached hydrogens (primary N) is 1. The maximum Gasteiger partial charge on any atom is 0.323 e.